The molecule has 0 spiro atoms. The molecule has 1 amide bonds. The Morgan fingerprint density at radius 1 is 1.26 bits per heavy atom. The zero-order valence-corrected chi connectivity index (χ0v) is 16.9. The van der Waals surface area contributed by atoms with Gasteiger partial charge in [0, 0.05) is 17.0 Å². The van der Waals surface area contributed by atoms with Gasteiger partial charge in [-0.2, -0.15) is 0 Å². The van der Waals surface area contributed by atoms with Crippen LogP contribution in [0, 0.1) is 5.92 Å². The van der Waals surface area contributed by atoms with Crippen LogP contribution in [0.25, 0.3) is 0 Å². The van der Waals surface area contributed by atoms with Crippen molar-refractivity contribution in [2.75, 3.05) is 26.3 Å². The highest BCUT2D eigenvalue weighted by Gasteiger charge is 2.21. The molecule has 1 aromatic heterocycles. The van der Waals surface area contributed by atoms with Crippen molar-refractivity contribution in [2.24, 2.45) is 5.92 Å². The molecule has 4 nitrogen and oxygen atoms in total. The van der Waals surface area contributed by atoms with Crippen LogP contribution in [0.3, 0.4) is 0 Å². The van der Waals surface area contributed by atoms with Crippen LogP contribution in [0.15, 0.2) is 30.3 Å². The number of carbonyl (C=O) groups is 1. The van der Waals surface area contributed by atoms with E-state index in [1.807, 2.05) is 0 Å². The number of quaternary nitrogens is 1. The first kappa shape index (κ1) is 18.7. The fourth-order valence-electron chi connectivity index (χ4n) is 4.09. The molecule has 2 N–H and O–H groups in total. The van der Waals surface area contributed by atoms with Crippen molar-refractivity contribution >= 4 is 17.2 Å². The average molecular weight is 386 g/mol. The number of benzene rings is 1. The fourth-order valence-corrected chi connectivity index (χ4v) is 5.21. The Balaban J connectivity index is 1.39. The van der Waals surface area contributed by atoms with E-state index in [1.54, 1.807) is 16.2 Å². The molecule has 1 aromatic carbocycles. The van der Waals surface area contributed by atoms with Gasteiger partial charge in [0.05, 0.1) is 18.1 Å². The molecule has 1 saturated heterocycles. The minimum absolute atomic E-state index is 0.0653. The van der Waals surface area contributed by atoms with Crippen molar-refractivity contribution in [2.45, 2.75) is 39.3 Å². The van der Waals surface area contributed by atoms with Gasteiger partial charge in [0.15, 0.2) is 0 Å². The maximum Gasteiger partial charge on any atom is 0.261 e. The van der Waals surface area contributed by atoms with Crippen LogP contribution in [0.2, 0.25) is 0 Å². The van der Waals surface area contributed by atoms with Gasteiger partial charge in [-0.3, -0.25) is 4.79 Å². The van der Waals surface area contributed by atoms with E-state index in [-0.39, 0.29) is 5.91 Å². The summed E-state index contributed by atoms with van der Waals surface area (Å²) in [6.45, 7) is 7.69. The minimum Gasteiger partial charge on any atom is -0.370 e. The van der Waals surface area contributed by atoms with Gasteiger partial charge in [-0.25, -0.2) is 0 Å². The Labute approximate surface area is 165 Å². The molecule has 2 aromatic rings. The first-order chi connectivity index (χ1) is 13.2. The van der Waals surface area contributed by atoms with Crippen LogP contribution in [-0.2, 0) is 30.7 Å². The molecular formula is C22H29N2O2S+. The summed E-state index contributed by atoms with van der Waals surface area (Å²) in [7, 11) is 0. The zero-order valence-electron chi connectivity index (χ0n) is 16.1. The van der Waals surface area contributed by atoms with Crippen molar-refractivity contribution in [3.8, 4) is 0 Å². The molecule has 2 heterocycles. The summed E-state index contributed by atoms with van der Waals surface area (Å²) < 4.78 is 5.46. The average Bonchev–Trinajstić information content (AvgIpc) is 3.11. The normalized spacial score (nSPS) is 20.3. The lowest BCUT2D eigenvalue weighted by Crippen LogP contribution is -3.12. The zero-order chi connectivity index (χ0) is 18.6. The van der Waals surface area contributed by atoms with E-state index in [4.69, 9.17) is 4.74 Å². The van der Waals surface area contributed by atoms with E-state index in [0.717, 1.165) is 56.5 Å². The largest absolute Gasteiger partial charge is 0.370 e. The highest BCUT2D eigenvalue weighted by Crippen LogP contribution is 2.32. The van der Waals surface area contributed by atoms with Crippen LogP contribution in [-0.4, -0.2) is 32.2 Å². The molecule has 4 rings (SSSR count). The van der Waals surface area contributed by atoms with E-state index in [2.05, 4.69) is 42.6 Å². The molecular weight excluding hydrogens is 356 g/mol. The Morgan fingerprint density at radius 2 is 2.04 bits per heavy atom. The number of nitrogens with one attached hydrogen (secondary N) is 2. The van der Waals surface area contributed by atoms with Crippen molar-refractivity contribution in [3.05, 3.63) is 56.8 Å². The topological polar surface area (TPSA) is 42.8 Å². The number of thiophene rings is 1. The quantitative estimate of drug-likeness (QED) is 0.829. The molecule has 144 valence electrons. The lowest BCUT2D eigenvalue weighted by atomic mass is 9.90. The van der Waals surface area contributed by atoms with E-state index in [0.29, 0.717) is 6.54 Å². The third-order valence-electron chi connectivity index (χ3n) is 5.75. The third-order valence-corrected chi connectivity index (χ3v) is 6.99. The molecule has 0 radical (unpaired) electrons. The summed E-state index contributed by atoms with van der Waals surface area (Å²) in [4.78, 5) is 16.5. The SMILES string of the molecule is C[C@H]1CCc2sc(C(=O)NCc3ccccc3C[NH+]3CCOCC3)cc2C1. The molecule has 0 bridgehead atoms. The predicted octanol–water partition coefficient (Wildman–Crippen LogP) is 2.22. The highest BCUT2D eigenvalue weighted by molar-refractivity contribution is 7.14. The second kappa shape index (κ2) is 8.55. The Morgan fingerprint density at radius 3 is 2.85 bits per heavy atom. The Bertz CT molecular complexity index is 795. The standard InChI is InChI=1S/C22H28N2O2S/c1-16-6-7-20-19(12-16)13-21(27-20)22(25)23-14-17-4-2-3-5-18(17)15-24-8-10-26-11-9-24/h2-5,13,16H,6-12,14-15H2,1H3,(H,23,25)/p+1/t16-/m0/s1. The highest BCUT2D eigenvalue weighted by atomic mass is 32.1. The van der Waals surface area contributed by atoms with Crippen molar-refractivity contribution in [1.82, 2.24) is 5.32 Å². The summed E-state index contributed by atoms with van der Waals surface area (Å²) >= 11 is 1.68. The molecule has 1 atom stereocenters. The number of aryl methyl sites for hydroxylation is 1. The summed E-state index contributed by atoms with van der Waals surface area (Å²) in [5, 5.41) is 3.15. The van der Waals surface area contributed by atoms with Crippen molar-refractivity contribution in [1.29, 1.82) is 0 Å². The lowest BCUT2D eigenvalue weighted by molar-refractivity contribution is -0.921. The fraction of sp³-hybridized carbons (Fsp3) is 0.500. The number of fused-ring (bicyclic) bond motifs is 1. The molecule has 5 heteroatoms. The molecule has 1 aliphatic carbocycles. The van der Waals surface area contributed by atoms with E-state index >= 15 is 0 Å². The van der Waals surface area contributed by atoms with Crippen molar-refractivity contribution in [3.63, 3.8) is 0 Å². The molecule has 1 fully saturated rings. The van der Waals surface area contributed by atoms with Crippen LogP contribution in [0.1, 0.15) is 44.6 Å². The van der Waals surface area contributed by atoms with Gasteiger partial charge in [-0.15, -0.1) is 11.3 Å². The summed E-state index contributed by atoms with van der Waals surface area (Å²) in [5.41, 5.74) is 3.94. The van der Waals surface area contributed by atoms with Gasteiger partial charge in [0.2, 0.25) is 0 Å². The Kier molecular flexibility index (Phi) is 5.91. The maximum atomic E-state index is 12.7. The van der Waals surface area contributed by atoms with E-state index in [1.165, 1.54) is 28.0 Å². The minimum atomic E-state index is 0.0653. The second-order valence-electron chi connectivity index (χ2n) is 7.90. The van der Waals surface area contributed by atoms with Gasteiger partial charge in [-0.1, -0.05) is 31.2 Å². The number of hydrogen-bond donors (Lipinski definition) is 2. The smallest absolute Gasteiger partial charge is 0.261 e. The van der Waals surface area contributed by atoms with Crippen molar-refractivity contribution < 1.29 is 14.4 Å². The monoisotopic (exact) mass is 385 g/mol. The molecule has 2 aliphatic rings. The Hall–Kier alpha value is -1.69. The number of ether oxygens (including phenoxy) is 1. The van der Waals surface area contributed by atoms with Gasteiger partial charge < -0.3 is 15.0 Å². The van der Waals surface area contributed by atoms with Gasteiger partial charge in [0.1, 0.15) is 19.6 Å². The van der Waals surface area contributed by atoms with Crippen LogP contribution in [0.5, 0.6) is 0 Å². The lowest BCUT2D eigenvalue weighted by Gasteiger charge is -2.24. The van der Waals surface area contributed by atoms with E-state index in [9.17, 15) is 4.79 Å². The predicted molar refractivity (Wildman–Crippen MR) is 108 cm³/mol. The van der Waals surface area contributed by atoms with Gasteiger partial charge >= 0.3 is 0 Å². The molecule has 27 heavy (non-hydrogen) atoms. The summed E-state index contributed by atoms with van der Waals surface area (Å²) in [5.74, 6) is 0.799. The van der Waals surface area contributed by atoms with Crippen LogP contribution < -0.4 is 10.2 Å². The second-order valence-corrected chi connectivity index (χ2v) is 9.03. The summed E-state index contributed by atoms with van der Waals surface area (Å²) in [6, 6.07) is 10.6. The number of hydrogen-bond acceptors (Lipinski definition) is 3. The van der Waals surface area contributed by atoms with Gasteiger partial charge in [-0.05, 0) is 42.4 Å². The number of amides is 1. The van der Waals surface area contributed by atoms with Crippen LogP contribution in [0.4, 0.5) is 0 Å². The van der Waals surface area contributed by atoms with Crippen LogP contribution >= 0.6 is 11.3 Å². The molecule has 1 aliphatic heterocycles. The maximum absolute atomic E-state index is 12.7. The van der Waals surface area contributed by atoms with E-state index < -0.39 is 0 Å². The van der Waals surface area contributed by atoms with Gasteiger partial charge in [0.25, 0.3) is 5.91 Å². The number of morpholine rings is 1. The first-order valence-corrected chi connectivity index (χ1v) is 10.9. The molecule has 0 unspecified atom stereocenters. The number of carbonyl (C=O) groups excluding carboxylic acids is 1. The third kappa shape index (κ3) is 4.60. The first-order valence-electron chi connectivity index (χ1n) is 10.1. The molecule has 0 saturated carbocycles. The summed E-state index contributed by atoms with van der Waals surface area (Å²) in [6.07, 6.45) is 3.48. The number of rotatable bonds is 5.